The van der Waals surface area contributed by atoms with Crippen molar-refractivity contribution in [3.8, 4) is 0 Å². The molecule has 3 N–H and O–H groups in total. The molecular weight excluding hydrogens is 372 g/mol. The number of carbonyl (C=O) groups excluding carboxylic acids is 1. The van der Waals surface area contributed by atoms with E-state index >= 15 is 0 Å². The highest BCUT2D eigenvalue weighted by Gasteiger charge is 2.20. The van der Waals surface area contributed by atoms with Gasteiger partial charge in [0.25, 0.3) is 5.69 Å². The molecule has 0 unspecified atom stereocenters. The maximum atomic E-state index is 11.8. The Morgan fingerprint density at radius 3 is 2.19 bits per heavy atom. The minimum atomic E-state index is -3.79. The number of rotatable bonds is 7. The van der Waals surface area contributed by atoms with Gasteiger partial charge in [0.1, 0.15) is 5.69 Å². The lowest BCUT2D eigenvalue weighted by atomic mass is 10.2. The van der Waals surface area contributed by atoms with E-state index in [4.69, 9.17) is 0 Å². The number of sulfonamides is 1. The molecule has 0 aliphatic carbocycles. The van der Waals surface area contributed by atoms with Crippen molar-refractivity contribution in [3.05, 3.63) is 52.6 Å². The van der Waals surface area contributed by atoms with Gasteiger partial charge in [-0.2, -0.15) is 0 Å². The first-order chi connectivity index (χ1) is 12.6. The standard InChI is InChI=1S/C17H20N4O5S/c1-11(2)17(22)20-13-6-4-12(5-7-13)19-15-9-8-14(27(25,26)18-3)10-16(15)21(23)24/h4-11,18-19H,1-3H3,(H,20,22). The molecule has 0 aromatic heterocycles. The maximum Gasteiger partial charge on any atom is 0.294 e. The zero-order valence-corrected chi connectivity index (χ0v) is 15.8. The lowest BCUT2D eigenvalue weighted by molar-refractivity contribution is -0.384. The van der Waals surface area contributed by atoms with Crippen LogP contribution in [0.2, 0.25) is 0 Å². The highest BCUT2D eigenvalue weighted by molar-refractivity contribution is 7.89. The van der Waals surface area contributed by atoms with E-state index in [0.29, 0.717) is 11.4 Å². The smallest absolute Gasteiger partial charge is 0.294 e. The molecule has 0 bridgehead atoms. The van der Waals surface area contributed by atoms with Crippen molar-refractivity contribution < 1.29 is 18.1 Å². The SMILES string of the molecule is CNS(=O)(=O)c1ccc(Nc2ccc(NC(=O)C(C)C)cc2)c([N+](=O)[O-])c1. The molecule has 0 aliphatic heterocycles. The number of nitrogens with one attached hydrogen (secondary N) is 3. The zero-order valence-electron chi connectivity index (χ0n) is 15.0. The van der Waals surface area contributed by atoms with Crippen LogP contribution < -0.4 is 15.4 Å². The Bertz CT molecular complexity index is 956. The summed E-state index contributed by atoms with van der Waals surface area (Å²) >= 11 is 0. The lowest BCUT2D eigenvalue weighted by Gasteiger charge is -2.11. The summed E-state index contributed by atoms with van der Waals surface area (Å²) in [6, 6.07) is 10.2. The van der Waals surface area contributed by atoms with Crippen LogP contribution in [0.3, 0.4) is 0 Å². The molecule has 0 radical (unpaired) electrons. The predicted molar refractivity (Wildman–Crippen MR) is 103 cm³/mol. The number of anilines is 3. The van der Waals surface area contributed by atoms with E-state index in [-0.39, 0.29) is 28.1 Å². The highest BCUT2D eigenvalue weighted by atomic mass is 32.2. The van der Waals surface area contributed by atoms with Gasteiger partial charge in [-0.05, 0) is 43.4 Å². The largest absolute Gasteiger partial charge is 0.350 e. The first kappa shape index (κ1) is 20.3. The van der Waals surface area contributed by atoms with Gasteiger partial charge < -0.3 is 10.6 Å². The third-order valence-corrected chi connectivity index (χ3v) is 5.11. The molecule has 0 saturated carbocycles. The Labute approximate surface area is 157 Å². The van der Waals surface area contributed by atoms with Crippen LogP contribution in [-0.4, -0.2) is 26.3 Å². The Morgan fingerprint density at radius 1 is 1.07 bits per heavy atom. The van der Waals surface area contributed by atoms with Crippen molar-refractivity contribution in [1.29, 1.82) is 0 Å². The van der Waals surface area contributed by atoms with Crippen LogP contribution in [0.1, 0.15) is 13.8 Å². The Kier molecular flexibility index (Phi) is 6.13. The quantitative estimate of drug-likeness (QED) is 0.490. The number of benzene rings is 2. The third-order valence-electron chi connectivity index (χ3n) is 3.70. The van der Waals surface area contributed by atoms with Gasteiger partial charge in [-0.3, -0.25) is 14.9 Å². The van der Waals surface area contributed by atoms with Gasteiger partial charge in [0, 0.05) is 23.4 Å². The fourth-order valence-electron chi connectivity index (χ4n) is 2.13. The van der Waals surface area contributed by atoms with Crippen LogP contribution in [-0.2, 0) is 14.8 Å². The molecular formula is C17H20N4O5S. The summed E-state index contributed by atoms with van der Waals surface area (Å²) in [7, 11) is -2.56. The van der Waals surface area contributed by atoms with Crippen molar-refractivity contribution >= 4 is 38.7 Å². The van der Waals surface area contributed by atoms with Crippen LogP contribution in [0, 0.1) is 16.0 Å². The molecule has 144 valence electrons. The maximum absolute atomic E-state index is 11.8. The van der Waals surface area contributed by atoms with Crippen LogP contribution in [0.5, 0.6) is 0 Å². The van der Waals surface area contributed by atoms with Gasteiger partial charge in [-0.25, -0.2) is 13.1 Å². The Balaban J connectivity index is 2.26. The van der Waals surface area contributed by atoms with Gasteiger partial charge in [0.2, 0.25) is 15.9 Å². The van der Waals surface area contributed by atoms with Crippen LogP contribution >= 0.6 is 0 Å². The van der Waals surface area contributed by atoms with Crippen molar-refractivity contribution in [2.45, 2.75) is 18.7 Å². The van der Waals surface area contributed by atoms with Crippen LogP contribution in [0.4, 0.5) is 22.7 Å². The molecule has 2 aromatic carbocycles. The van der Waals surface area contributed by atoms with Crippen LogP contribution in [0.25, 0.3) is 0 Å². The summed E-state index contributed by atoms with van der Waals surface area (Å²) < 4.78 is 25.8. The lowest BCUT2D eigenvalue weighted by Crippen LogP contribution is -2.18. The second kappa shape index (κ2) is 8.14. The van der Waals surface area contributed by atoms with E-state index in [2.05, 4.69) is 15.4 Å². The van der Waals surface area contributed by atoms with E-state index < -0.39 is 14.9 Å². The van der Waals surface area contributed by atoms with Gasteiger partial charge in [-0.1, -0.05) is 13.8 Å². The summed E-state index contributed by atoms with van der Waals surface area (Å²) in [6.07, 6.45) is 0. The second-order valence-corrected chi connectivity index (χ2v) is 7.88. The normalized spacial score (nSPS) is 11.3. The molecule has 9 nitrogen and oxygen atoms in total. The topological polar surface area (TPSA) is 130 Å². The van der Waals surface area contributed by atoms with E-state index in [9.17, 15) is 23.3 Å². The van der Waals surface area contributed by atoms with Gasteiger partial charge >= 0.3 is 0 Å². The van der Waals surface area contributed by atoms with Gasteiger partial charge in [-0.15, -0.1) is 0 Å². The number of hydrogen-bond donors (Lipinski definition) is 3. The molecule has 0 aliphatic rings. The number of hydrogen-bond acceptors (Lipinski definition) is 6. The molecule has 0 saturated heterocycles. The van der Waals surface area contributed by atoms with E-state index in [1.807, 2.05) is 0 Å². The summed E-state index contributed by atoms with van der Waals surface area (Å²) in [5, 5.41) is 16.9. The van der Waals surface area contributed by atoms with Gasteiger partial charge in [0.15, 0.2) is 0 Å². The van der Waals surface area contributed by atoms with Crippen molar-refractivity contribution in [2.75, 3.05) is 17.7 Å². The second-order valence-electron chi connectivity index (χ2n) is 5.99. The summed E-state index contributed by atoms with van der Waals surface area (Å²) in [5.41, 5.74) is 0.923. The third kappa shape index (κ3) is 5.02. The minimum Gasteiger partial charge on any atom is -0.350 e. The van der Waals surface area contributed by atoms with Crippen molar-refractivity contribution in [3.63, 3.8) is 0 Å². The zero-order chi connectivity index (χ0) is 20.2. The molecule has 2 aromatic rings. The average Bonchev–Trinajstić information content (AvgIpc) is 2.63. The average molecular weight is 392 g/mol. The fourth-order valence-corrected chi connectivity index (χ4v) is 2.88. The van der Waals surface area contributed by atoms with Gasteiger partial charge in [0.05, 0.1) is 9.82 Å². The molecule has 1 amide bonds. The molecule has 0 spiro atoms. The fraction of sp³-hybridized carbons (Fsp3) is 0.235. The summed E-state index contributed by atoms with van der Waals surface area (Å²) in [6.45, 7) is 3.56. The van der Waals surface area contributed by atoms with E-state index in [1.165, 1.54) is 19.2 Å². The molecule has 2 rings (SSSR count). The van der Waals surface area contributed by atoms with E-state index in [0.717, 1.165) is 6.07 Å². The Hall–Kier alpha value is -2.98. The first-order valence-electron chi connectivity index (χ1n) is 8.04. The first-order valence-corrected chi connectivity index (χ1v) is 9.52. The van der Waals surface area contributed by atoms with Crippen molar-refractivity contribution in [2.24, 2.45) is 5.92 Å². The summed E-state index contributed by atoms with van der Waals surface area (Å²) in [5.74, 6) is -0.273. The van der Waals surface area contributed by atoms with Crippen LogP contribution in [0.15, 0.2) is 47.4 Å². The monoisotopic (exact) mass is 392 g/mol. The molecule has 0 fully saturated rings. The number of nitrogens with zero attached hydrogens (tertiary/aromatic N) is 1. The molecule has 27 heavy (non-hydrogen) atoms. The highest BCUT2D eigenvalue weighted by Crippen LogP contribution is 2.30. The predicted octanol–water partition coefficient (Wildman–Crippen LogP) is 2.84. The van der Waals surface area contributed by atoms with Crippen molar-refractivity contribution in [1.82, 2.24) is 4.72 Å². The number of amides is 1. The molecule has 0 atom stereocenters. The number of nitro benzene ring substituents is 1. The number of carbonyl (C=O) groups is 1. The molecule has 10 heteroatoms. The minimum absolute atomic E-state index is 0.118. The molecule has 0 heterocycles. The van der Waals surface area contributed by atoms with E-state index in [1.54, 1.807) is 38.1 Å². The summed E-state index contributed by atoms with van der Waals surface area (Å²) in [4.78, 5) is 22.2. The number of nitro groups is 1. The Morgan fingerprint density at radius 2 is 1.67 bits per heavy atom.